The van der Waals surface area contributed by atoms with Crippen LogP contribution in [-0.4, -0.2) is 46.2 Å². The molecule has 4 heterocycles. The minimum atomic E-state index is 0.429. The molecular weight excluding hydrogens is 276 g/mol. The van der Waals surface area contributed by atoms with Gasteiger partial charge in [0.05, 0.1) is 12.6 Å². The fraction of sp³-hybridized carbons (Fsp3) is 0.647. The molecule has 2 unspecified atom stereocenters. The summed E-state index contributed by atoms with van der Waals surface area (Å²) in [5.41, 5.74) is 2.05. The summed E-state index contributed by atoms with van der Waals surface area (Å²) in [4.78, 5) is 12.0. The first-order valence-electron chi connectivity index (χ1n) is 8.42. The molecule has 0 aliphatic carbocycles. The minimum absolute atomic E-state index is 0.429. The van der Waals surface area contributed by atoms with Crippen LogP contribution >= 0.6 is 0 Å². The van der Waals surface area contributed by atoms with E-state index in [0.717, 1.165) is 37.5 Å². The summed E-state index contributed by atoms with van der Waals surface area (Å²) in [6.45, 7) is 3.92. The van der Waals surface area contributed by atoms with Gasteiger partial charge in [-0.1, -0.05) is 0 Å². The number of imidazole rings is 1. The molecule has 5 nitrogen and oxygen atoms in total. The smallest absolute Gasteiger partial charge is 0.160 e. The van der Waals surface area contributed by atoms with E-state index >= 15 is 0 Å². The second-order valence-electron chi connectivity index (χ2n) is 6.65. The molecule has 5 heteroatoms. The van der Waals surface area contributed by atoms with Crippen molar-refractivity contribution in [3.8, 4) is 0 Å². The SMILES string of the molecule is CN1CCCC1c1nc2cccnc2n1CC1CCCOC1. The van der Waals surface area contributed by atoms with E-state index in [2.05, 4.69) is 27.6 Å². The van der Waals surface area contributed by atoms with Crippen LogP contribution in [0.1, 0.15) is 37.5 Å². The Hall–Kier alpha value is -1.46. The Morgan fingerprint density at radius 3 is 3.05 bits per heavy atom. The lowest BCUT2D eigenvalue weighted by Crippen LogP contribution is -2.26. The zero-order chi connectivity index (χ0) is 14.9. The molecule has 22 heavy (non-hydrogen) atoms. The number of hydrogen-bond acceptors (Lipinski definition) is 4. The van der Waals surface area contributed by atoms with E-state index in [1.807, 2.05) is 12.3 Å². The number of aromatic nitrogens is 3. The number of ether oxygens (including phenoxy) is 1. The van der Waals surface area contributed by atoms with Crippen LogP contribution in [0, 0.1) is 5.92 Å². The van der Waals surface area contributed by atoms with Crippen LogP contribution in [0.4, 0.5) is 0 Å². The monoisotopic (exact) mass is 300 g/mol. The summed E-state index contributed by atoms with van der Waals surface area (Å²) in [6, 6.07) is 4.49. The normalized spacial score (nSPS) is 26.8. The number of pyridine rings is 1. The average molecular weight is 300 g/mol. The maximum atomic E-state index is 5.66. The van der Waals surface area contributed by atoms with E-state index in [1.54, 1.807) is 0 Å². The van der Waals surface area contributed by atoms with E-state index in [9.17, 15) is 0 Å². The summed E-state index contributed by atoms with van der Waals surface area (Å²) in [7, 11) is 2.21. The van der Waals surface area contributed by atoms with Crippen LogP contribution in [-0.2, 0) is 11.3 Å². The number of rotatable bonds is 3. The molecule has 0 amide bonds. The van der Waals surface area contributed by atoms with Crippen LogP contribution < -0.4 is 0 Å². The molecule has 2 aliphatic heterocycles. The molecule has 2 aromatic heterocycles. The van der Waals surface area contributed by atoms with Crippen molar-refractivity contribution in [3.05, 3.63) is 24.2 Å². The van der Waals surface area contributed by atoms with Crippen molar-refractivity contribution in [3.63, 3.8) is 0 Å². The standard InChI is InChI=1S/C17H24N4O/c1-20-9-3-7-15(20)17-19-14-6-2-8-18-16(14)21(17)11-13-5-4-10-22-12-13/h2,6,8,13,15H,3-5,7,9-12H2,1H3. The zero-order valence-corrected chi connectivity index (χ0v) is 13.2. The maximum Gasteiger partial charge on any atom is 0.160 e. The van der Waals surface area contributed by atoms with Crippen molar-refractivity contribution < 1.29 is 4.74 Å². The summed E-state index contributed by atoms with van der Waals surface area (Å²) >= 11 is 0. The Balaban J connectivity index is 1.72. The highest BCUT2D eigenvalue weighted by molar-refractivity contribution is 5.71. The molecule has 2 aromatic rings. The van der Waals surface area contributed by atoms with Crippen molar-refractivity contribution in [2.45, 2.75) is 38.3 Å². The molecule has 0 saturated carbocycles. The second-order valence-corrected chi connectivity index (χ2v) is 6.65. The molecular formula is C17H24N4O. The van der Waals surface area contributed by atoms with E-state index in [-0.39, 0.29) is 0 Å². The minimum Gasteiger partial charge on any atom is -0.381 e. The zero-order valence-electron chi connectivity index (χ0n) is 13.2. The van der Waals surface area contributed by atoms with Crippen LogP contribution in [0.5, 0.6) is 0 Å². The molecule has 0 spiro atoms. The van der Waals surface area contributed by atoms with Gasteiger partial charge in [-0.05, 0) is 51.4 Å². The third kappa shape index (κ3) is 2.52. The lowest BCUT2D eigenvalue weighted by molar-refractivity contribution is 0.0480. The van der Waals surface area contributed by atoms with Crippen molar-refractivity contribution in [1.82, 2.24) is 19.4 Å². The predicted octanol–water partition coefficient (Wildman–Crippen LogP) is 2.62. The van der Waals surface area contributed by atoms with Crippen LogP contribution in [0.2, 0.25) is 0 Å². The second kappa shape index (κ2) is 5.97. The first kappa shape index (κ1) is 14.2. The largest absolute Gasteiger partial charge is 0.381 e. The van der Waals surface area contributed by atoms with Crippen LogP contribution in [0.25, 0.3) is 11.2 Å². The highest BCUT2D eigenvalue weighted by Gasteiger charge is 2.29. The molecule has 0 N–H and O–H groups in total. The summed E-state index contributed by atoms with van der Waals surface area (Å²) in [5, 5.41) is 0. The maximum absolute atomic E-state index is 5.66. The molecule has 4 rings (SSSR count). The molecule has 0 radical (unpaired) electrons. The number of fused-ring (bicyclic) bond motifs is 1. The quantitative estimate of drug-likeness (QED) is 0.874. The highest BCUT2D eigenvalue weighted by Crippen LogP contribution is 2.32. The Morgan fingerprint density at radius 2 is 2.27 bits per heavy atom. The number of likely N-dealkylation sites (tertiary alicyclic amines) is 1. The third-order valence-electron chi connectivity index (χ3n) is 5.05. The van der Waals surface area contributed by atoms with Gasteiger partial charge >= 0.3 is 0 Å². The molecule has 2 saturated heterocycles. The first-order valence-corrected chi connectivity index (χ1v) is 8.42. The molecule has 118 valence electrons. The van der Waals surface area contributed by atoms with E-state index in [4.69, 9.17) is 9.72 Å². The molecule has 0 bridgehead atoms. The van der Waals surface area contributed by atoms with Gasteiger partial charge in [0.2, 0.25) is 0 Å². The Labute approximate surface area is 131 Å². The number of nitrogens with zero attached hydrogens (tertiary/aromatic N) is 4. The Morgan fingerprint density at radius 1 is 1.32 bits per heavy atom. The van der Waals surface area contributed by atoms with Gasteiger partial charge in [0.15, 0.2) is 5.65 Å². The van der Waals surface area contributed by atoms with Gasteiger partial charge < -0.3 is 9.30 Å². The molecule has 2 atom stereocenters. The van der Waals surface area contributed by atoms with E-state index in [1.165, 1.54) is 31.5 Å². The highest BCUT2D eigenvalue weighted by atomic mass is 16.5. The van der Waals surface area contributed by atoms with Gasteiger partial charge in [0.1, 0.15) is 11.3 Å². The molecule has 2 aliphatic rings. The molecule has 2 fully saturated rings. The summed E-state index contributed by atoms with van der Waals surface area (Å²) in [6.07, 6.45) is 6.74. The van der Waals surface area contributed by atoms with Crippen LogP contribution in [0.15, 0.2) is 18.3 Å². The fourth-order valence-electron chi connectivity index (χ4n) is 3.86. The van der Waals surface area contributed by atoms with Crippen molar-refractivity contribution >= 4 is 11.2 Å². The van der Waals surface area contributed by atoms with Gasteiger partial charge in [0, 0.05) is 25.3 Å². The fourth-order valence-corrected chi connectivity index (χ4v) is 3.86. The topological polar surface area (TPSA) is 43.2 Å². The average Bonchev–Trinajstić information content (AvgIpc) is 3.12. The van der Waals surface area contributed by atoms with Gasteiger partial charge in [-0.15, -0.1) is 0 Å². The third-order valence-corrected chi connectivity index (χ3v) is 5.05. The molecule has 0 aromatic carbocycles. The number of hydrogen-bond donors (Lipinski definition) is 0. The summed E-state index contributed by atoms with van der Waals surface area (Å²) < 4.78 is 8.03. The van der Waals surface area contributed by atoms with Crippen molar-refractivity contribution in [2.75, 3.05) is 26.8 Å². The van der Waals surface area contributed by atoms with Crippen molar-refractivity contribution in [2.24, 2.45) is 5.92 Å². The van der Waals surface area contributed by atoms with Gasteiger partial charge in [0.25, 0.3) is 0 Å². The van der Waals surface area contributed by atoms with E-state index < -0.39 is 0 Å². The van der Waals surface area contributed by atoms with Gasteiger partial charge in [-0.25, -0.2) is 9.97 Å². The lowest BCUT2D eigenvalue weighted by atomic mass is 10.0. The first-order chi connectivity index (χ1) is 10.8. The Kier molecular flexibility index (Phi) is 3.84. The Bertz CT molecular complexity index is 647. The lowest BCUT2D eigenvalue weighted by Gasteiger charge is -2.25. The van der Waals surface area contributed by atoms with Crippen molar-refractivity contribution in [1.29, 1.82) is 0 Å². The van der Waals surface area contributed by atoms with E-state index in [0.29, 0.717) is 12.0 Å². The summed E-state index contributed by atoms with van der Waals surface area (Å²) in [5.74, 6) is 1.78. The van der Waals surface area contributed by atoms with Crippen LogP contribution in [0.3, 0.4) is 0 Å². The predicted molar refractivity (Wildman–Crippen MR) is 85.7 cm³/mol. The van der Waals surface area contributed by atoms with Gasteiger partial charge in [-0.2, -0.15) is 0 Å². The van der Waals surface area contributed by atoms with Gasteiger partial charge in [-0.3, -0.25) is 4.90 Å².